The highest BCUT2D eigenvalue weighted by Crippen LogP contribution is 2.17. The minimum atomic E-state index is -0.233. The second-order valence-corrected chi connectivity index (χ2v) is 5.09. The maximum Gasteiger partial charge on any atom is 0.127 e. The van der Waals surface area contributed by atoms with E-state index in [-0.39, 0.29) is 5.82 Å². The van der Waals surface area contributed by atoms with Gasteiger partial charge in [-0.15, -0.1) is 0 Å². The first-order valence-corrected chi connectivity index (χ1v) is 6.39. The Kier molecular flexibility index (Phi) is 4.40. The molecule has 2 aromatic carbocycles. The average Bonchev–Trinajstić information content (AvgIpc) is 2.34. The Morgan fingerprint density at radius 3 is 2.68 bits per heavy atom. The molecule has 0 atom stereocenters. The zero-order chi connectivity index (χ0) is 13.8. The van der Waals surface area contributed by atoms with Gasteiger partial charge in [-0.3, -0.25) is 4.90 Å². The van der Waals surface area contributed by atoms with Crippen LogP contribution in [0.15, 0.2) is 42.5 Å². The van der Waals surface area contributed by atoms with Crippen molar-refractivity contribution in [2.75, 3.05) is 12.8 Å². The fourth-order valence-electron chi connectivity index (χ4n) is 2.01. The molecule has 0 unspecified atom stereocenters. The van der Waals surface area contributed by atoms with Crippen LogP contribution in [0.4, 0.5) is 10.1 Å². The molecule has 0 aliphatic carbocycles. The standard InChI is InChI=1S/C15H16ClFN2/c1-19(9-11-3-2-4-14(18)7-11)10-12-8-13(16)5-6-15(12)17/h2-8H,9-10,18H2,1H3. The molecule has 2 N–H and O–H groups in total. The van der Waals surface area contributed by atoms with Crippen molar-refractivity contribution in [3.63, 3.8) is 0 Å². The zero-order valence-corrected chi connectivity index (χ0v) is 11.5. The van der Waals surface area contributed by atoms with Crippen molar-refractivity contribution in [2.24, 2.45) is 0 Å². The van der Waals surface area contributed by atoms with E-state index < -0.39 is 0 Å². The van der Waals surface area contributed by atoms with Crippen LogP contribution in [-0.4, -0.2) is 11.9 Å². The Balaban J connectivity index is 2.05. The number of hydrogen-bond donors (Lipinski definition) is 1. The Bertz CT molecular complexity index is 572. The third-order valence-corrected chi connectivity index (χ3v) is 3.09. The maximum atomic E-state index is 13.6. The fourth-order valence-corrected chi connectivity index (χ4v) is 2.21. The molecule has 4 heteroatoms. The summed E-state index contributed by atoms with van der Waals surface area (Å²) in [6.45, 7) is 1.21. The van der Waals surface area contributed by atoms with Crippen molar-refractivity contribution in [2.45, 2.75) is 13.1 Å². The fraction of sp³-hybridized carbons (Fsp3) is 0.200. The number of halogens is 2. The van der Waals surface area contributed by atoms with Crippen molar-refractivity contribution >= 4 is 17.3 Å². The highest BCUT2D eigenvalue weighted by molar-refractivity contribution is 6.30. The van der Waals surface area contributed by atoms with Crippen LogP contribution in [0.3, 0.4) is 0 Å². The molecule has 0 saturated heterocycles. The number of nitrogens with two attached hydrogens (primary N) is 1. The van der Waals surface area contributed by atoms with Gasteiger partial charge in [-0.1, -0.05) is 23.7 Å². The molecule has 0 radical (unpaired) electrons. The Morgan fingerprint density at radius 2 is 1.95 bits per heavy atom. The molecule has 0 amide bonds. The Labute approximate surface area is 117 Å². The number of hydrogen-bond acceptors (Lipinski definition) is 2. The molecule has 2 nitrogen and oxygen atoms in total. The van der Waals surface area contributed by atoms with Gasteiger partial charge in [0, 0.05) is 29.4 Å². The van der Waals surface area contributed by atoms with Crippen LogP contribution in [0.1, 0.15) is 11.1 Å². The van der Waals surface area contributed by atoms with Crippen molar-refractivity contribution in [3.05, 3.63) is 64.4 Å². The van der Waals surface area contributed by atoms with E-state index in [9.17, 15) is 4.39 Å². The monoisotopic (exact) mass is 278 g/mol. The molecule has 0 fully saturated rings. The lowest BCUT2D eigenvalue weighted by Gasteiger charge is -2.17. The van der Waals surface area contributed by atoms with Gasteiger partial charge in [0.25, 0.3) is 0 Å². The van der Waals surface area contributed by atoms with Crippen LogP contribution in [0.2, 0.25) is 5.02 Å². The minimum absolute atomic E-state index is 0.233. The van der Waals surface area contributed by atoms with Crippen molar-refractivity contribution in [1.29, 1.82) is 0 Å². The third kappa shape index (κ3) is 3.94. The van der Waals surface area contributed by atoms with Crippen molar-refractivity contribution < 1.29 is 4.39 Å². The lowest BCUT2D eigenvalue weighted by Crippen LogP contribution is -2.18. The highest BCUT2D eigenvalue weighted by atomic mass is 35.5. The third-order valence-electron chi connectivity index (χ3n) is 2.85. The Morgan fingerprint density at radius 1 is 1.16 bits per heavy atom. The van der Waals surface area contributed by atoms with E-state index >= 15 is 0 Å². The molecular weight excluding hydrogens is 263 g/mol. The second-order valence-electron chi connectivity index (χ2n) is 4.65. The summed E-state index contributed by atoms with van der Waals surface area (Å²) in [5.74, 6) is -0.233. The second kappa shape index (κ2) is 6.04. The summed E-state index contributed by atoms with van der Waals surface area (Å²) in [5, 5.41) is 0.550. The first-order valence-electron chi connectivity index (χ1n) is 6.01. The predicted molar refractivity (Wildman–Crippen MR) is 77.4 cm³/mol. The summed E-state index contributed by atoms with van der Waals surface area (Å²) in [6.07, 6.45) is 0. The SMILES string of the molecule is CN(Cc1cccc(N)c1)Cc1cc(Cl)ccc1F. The number of benzene rings is 2. The van der Waals surface area contributed by atoms with Gasteiger partial charge in [-0.05, 0) is 42.9 Å². The summed E-state index contributed by atoms with van der Waals surface area (Å²) < 4.78 is 13.6. The number of rotatable bonds is 4. The summed E-state index contributed by atoms with van der Waals surface area (Å²) in [5.41, 5.74) is 8.17. The molecule has 100 valence electrons. The van der Waals surface area contributed by atoms with Gasteiger partial charge < -0.3 is 5.73 Å². The van der Waals surface area contributed by atoms with E-state index in [1.54, 1.807) is 12.1 Å². The zero-order valence-electron chi connectivity index (χ0n) is 10.7. The van der Waals surface area contributed by atoms with Gasteiger partial charge in [0.1, 0.15) is 5.82 Å². The molecule has 0 aliphatic rings. The van der Waals surface area contributed by atoms with Crippen molar-refractivity contribution in [3.8, 4) is 0 Å². The van der Waals surface area contributed by atoms with Crippen LogP contribution in [0, 0.1) is 5.82 Å². The molecule has 0 aliphatic heterocycles. The lowest BCUT2D eigenvalue weighted by molar-refractivity contribution is 0.313. The van der Waals surface area contributed by atoms with Crippen molar-refractivity contribution in [1.82, 2.24) is 4.90 Å². The Hall–Kier alpha value is -1.58. The van der Waals surface area contributed by atoms with Crippen LogP contribution in [-0.2, 0) is 13.1 Å². The molecule has 0 aromatic heterocycles. The van der Waals surface area contributed by atoms with Crippen LogP contribution in [0.25, 0.3) is 0 Å². The largest absolute Gasteiger partial charge is 0.399 e. The van der Waals surface area contributed by atoms with E-state index in [0.29, 0.717) is 23.7 Å². The van der Waals surface area contributed by atoms with Gasteiger partial charge >= 0.3 is 0 Å². The quantitative estimate of drug-likeness (QED) is 0.864. The molecule has 0 spiro atoms. The normalized spacial score (nSPS) is 10.9. The molecule has 2 aromatic rings. The van der Waals surface area contributed by atoms with Gasteiger partial charge in [-0.2, -0.15) is 0 Å². The van der Waals surface area contributed by atoms with E-state index in [1.807, 2.05) is 36.2 Å². The topological polar surface area (TPSA) is 29.3 Å². The molecule has 19 heavy (non-hydrogen) atoms. The molecule has 2 rings (SSSR count). The predicted octanol–water partition coefficient (Wildman–Crippen LogP) is 3.69. The summed E-state index contributed by atoms with van der Waals surface area (Å²) in [4.78, 5) is 2.02. The summed E-state index contributed by atoms with van der Waals surface area (Å²) >= 11 is 5.88. The van der Waals surface area contributed by atoms with Gasteiger partial charge in [-0.25, -0.2) is 4.39 Å². The highest BCUT2D eigenvalue weighted by Gasteiger charge is 2.07. The minimum Gasteiger partial charge on any atom is -0.399 e. The molecule has 0 saturated carbocycles. The summed E-state index contributed by atoms with van der Waals surface area (Å²) in [6, 6.07) is 12.3. The first kappa shape index (κ1) is 13.8. The lowest BCUT2D eigenvalue weighted by atomic mass is 10.1. The van der Waals surface area contributed by atoms with E-state index in [1.165, 1.54) is 6.07 Å². The average molecular weight is 279 g/mol. The van der Waals surface area contributed by atoms with Crippen LogP contribution < -0.4 is 5.73 Å². The van der Waals surface area contributed by atoms with Gasteiger partial charge in [0.2, 0.25) is 0 Å². The van der Waals surface area contributed by atoms with Gasteiger partial charge in [0.15, 0.2) is 0 Å². The van der Waals surface area contributed by atoms with E-state index in [4.69, 9.17) is 17.3 Å². The number of nitrogen functional groups attached to an aromatic ring is 1. The van der Waals surface area contributed by atoms with E-state index in [2.05, 4.69) is 0 Å². The van der Waals surface area contributed by atoms with E-state index in [0.717, 1.165) is 11.3 Å². The number of anilines is 1. The summed E-state index contributed by atoms with van der Waals surface area (Å²) in [7, 11) is 1.93. The smallest absolute Gasteiger partial charge is 0.127 e. The van der Waals surface area contributed by atoms with Crippen LogP contribution in [0.5, 0.6) is 0 Å². The first-order chi connectivity index (χ1) is 9.04. The maximum absolute atomic E-state index is 13.6. The number of nitrogens with zero attached hydrogens (tertiary/aromatic N) is 1. The molecule has 0 bridgehead atoms. The molecule has 0 heterocycles. The van der Waals surface area contributed by atoms with Gasteiger partial charge in [0.05, 0.1) is 0 Å². The molecular formula is C15H16ClFN2. The van der Waals surface area contributed by atoms with Crippen LogP contribution >= 0.6 is 11.6 Å².